The number of carbonyl (C=O) groups is 1. The van der Waals surface area contributed by atoms with Gasteiger partial charge < -0.3 is 10.0 Å². The van der Waals surface area contributed by atoms with Crippen molar-refractivity contribution in [2.24, 2.45) is 5.92 Å². The summed E-state index contributed by atoms with van der Waals surface area (Å²) in [5, 5.41) is 9.19. The monoisotopic (exact) mass is 243 g/mol. The summed E-state index contributed by atoms with van der Waals surface area (Å²) in [7, 11) is 0. The summed E-state index contributed by atoms with van der Waals surface area (Å²) in [6.07, 6.45) is 5.11. The average molecular weight is 243 g/mol. The van der Waals surface area contributed by atoms with Gasteiger partial charge in [0.2, 0.25) is 5.91 Å². The molecule has 0 spiro atoms. The minimum Gasteiger partial charge on any atom is -0.394 e. The van der Waals surface area contributed by atoms with Gasteiger partial charge in [-0.1, -0.05) is 0 Å². The zero-order chi connectivity index (χ0) is 11.4. The number of nitrogens with zero attached hydrogens (tertiary/aromatic N) is 1. The fourth-order valence-corrected chi connectivity index (χ4v) is 3.87. The number of carbonyl (C=O) groups excluding carboxylic acids is 1. The van der Waals surface area contributed by atoms with E-state index in [1.54, 1.807) is 0 Å². The van der Waals surface area contributed by atoms with Crippen molar-refractivity contribution in [3.8, 4) is 0 Å². The van der Waals surface area contributed by atoms with Crippen LogP contribution in [0.5, 0.6) is 0 Å². The summed E-state index contributed by atoms with van der Waals surface area (Å²) in [4.78, 5) is 14.0. The second kappa shape index (κ2) is 5.92. The van der Waals surface area contributed by atoms with Crippen LogP contribution in [0.25, 0.3) is 0 Å². The van der Waals surface area contributed by atoms with Crippen molar-refractivity contribution < 1.29 is 9.90 Å². The van der Waals surface area contributed by atoms with Crippen LogP contribution in [0, 0.1) is 5.92 Å². The van der Waals surface area contributed by atoms with E-state index >= 15 is 0 Å². The van der Waals surface area contributed by atoms with Gasteiger partial charge in [-0.25, -0.2) is 0 Å². The Kier molecular flexibility index (Phi) is 4.53. The third-order valence-corrected chi connectivity index (χ3v) is 4.76. The van der Waals surface area contributed by atoms with Crippen LogP contribution in [0.2, 0.25) is 0 Å². The first-order chi connectivity index (χ1) is 7.81. The number of thioether (sulfide) groups is 1. The van der Waals surface area contributed by atoms with E-state index in [1.807, 2.05) is 16.7 Å². The zero-order valence-corrected chi connectivity index (χ0v) is 10.5. The maximum Gasteiger partial charge on any atom is 0.223 e. The predicted octanol–water partition coefficient (Wildman–Crippen LogP) is 1.50. The number of hydrogen-bond donors (Lipinski definition) is 1. The lowest BCUT2D eigenvalue weighted by Crippen LogP contribution is -2.38. The third-order valence-electron chi connectivity index (χ3n) is 3.71. The highest BCUT2D eigenvalue weighted by Crippen LogP contribution is 2.27. The highest BCUT2D eigenvalue weighted by Gasteiger charge is 2.29. The smallest absolute Gasteiger partial charge is 0.223 e. The Balaban J connectivity index is 1.82. The molecule has 2 aliphatic rings. The topological polar surface area (TPSA) is 40.5 Å². The van der Waals surface area contributed by atoms with Crippen molar-refractivity contribution in [1.29, 1.82) is 0 Å². The van der Waals surface area contributed by atoms with Gasteiger partial charge in [-0.2, -0.15) is 11.8 Å². The number of likely N-dealkylation sites (tertiary alicyclic amines) is 1. The van der Waals surface area contributed by atoms with E-state index in [2.05, 4.69) is 0 Å². The van der Waals surface area contributed by atoms with E-state index in [0.29, 0.717) is 12.3 Å². The minimum atomic E-state index is 0.102. The van der Waals surface area contributed by atoms with Crippen LogP contribution in [0.15, 0.2) is 0 Å². The van der Waals surface area contributed by atoms with E-state index < -0.39 is 0 Å². The Morgan fingerprint density at radius 2 is 2.06 bits per heavy atom. The largest absolute Gasteiger partial charge is 0.394 e. The van der Waals surface area contributed by atoms with Gasteiger partial charge in [-0.05, 0) is 43.1 Å². The first kappa shape index (κ1) is 12.2. The predicted molar refractivity (Wildman–Crippen MR) is 66.5 cm³/mol. The third kappa shape index (κ3) is 2.92. The molecule has 2 aliphatic heterocycles. The molecule has 1 amide bonds. The Bertz CT molecular complexity index is 241. The van der Waals surface area contributed by atoms with Crippen LogP contribution in [-0.2, 0) is 4.79 Å². The molecule has 0 aliphatic carbocycles. The van der Waals surface area contributed by atoms with Crippen LogP contribution in [0.3, 0.4) is 0 Å². The molecule has 0 aromatic heterocycles. The summed E-state index contributed by atoms with van der Waals surface area (Å²) in [5.74, 6) is 3.28. The molecule has 0 bridgehead atoms. The second-order valence-electron chi connectivity index (χ2n) is 4.83. The van der Waals surface area contributed by atoms with Gasteiger partial charge in [0.25, 0.3) is 0 Å². The Morgan fingerprint density at radius 3 is 2.75 bits per heavy atom. The molecule has 0 radical (unpaired) electrons. The zero-order valence-electron chi connectivity index (χ0n) is 9.73. The molecule has 92 valence electrons. The highest BCUT2D eigenvalue weighted by molar-refractivity contribution is 7.99. The molecule has 0 saturated carbocycles. The van der Waals surface area contributed by atoms with E-state index in [1.165, 1.54) is 24.3 Å². The number of rotatable bonds is 3. The fourth-order valence-electron chi connectivity index (χ4n) is 2.67. The van der Waals surface area contributed by atoms with Crippen molar-refractivity contribution in [2.75, 3.05) is 24.7 Å². The summed E-state index contributed by atoms with van der Waals surface area (Å²) >= 11 is 2.00. The number of aliphatic hydroxyl groups is 1. The lowest BCUT2D eigenvalue weighted by molar-refractivity contribution is -0.133. The van der Waals surface area contributed by atoms with Gasteiger partial charge in [0, 0.05) is 13.0 Å². The Labute approximate surface area is 102 Å². The minimum absolute atomic E-state index is 0.102. The molecule has 0 unspecified atom stereocenters. The lowest BCUT2D eigenvalue weighted by Gasteiger charge is -2.27. The van der Waals surface area contributed by atoms with Crippen LogP contribution in [0.4, 0.5) is 0 Å². The molecule has 16 heavy (non-hydrogen) atoms. The quantitative estimate of drug-likeness (QED) is 0.816. The average Bonchev–Trinajstić information content (AvgIpc) is 2.78. The number of amides is 1. The van der Waals surface area contributed by atoms with Crippen molar-refractivity contribution in [3.05, 3.63) is 0 Å². The number of hydrogen-bond acceptors (Lipinski definition) is 3. The molecule has 2 saturated heterocycles. The van der Waals surface area contributed by atoms with Crippen LogP contribution in [-0.4, -0.2) is 46.6 Å². The standard InChI is InChI=1S/C12H21NO2S/c14-9-11-2-1-5-13(11)12(15)8-10-3-6-16-7-4-10/h10-11,14H,1-9H2/t11-/m0/s1. The summed E-state index contributed by atoms with van der Waals surface area (Å²) < 4.78 is 0. The molecule has 1 atom stereocenters. The molecule has 1 N–H and O–H groups in total. The Hall–Kier alpha value is -0.220. The Morgan fingerprint density at radius 1 is 1.31 bits per heavy atom. The lowest BCUT2D eigenvalue weighted by atomic mass is 9.98. The van der Waals surface area contributed by atoms with Crippen molar-refractivity contribution in [2.45, 2.75) is 38.1 Å². The molecule has 2 heterocycles. The summed E-state index contributed by atoms with van der Waals surface area (Å²) in [5.41, 5.74) is 0. The maximum absolute atomic E-state index is 12.1. The van der Waals surface area contributed by atoms with E-state index in [-0.39, 0.29) is 18.6 Å². The van der Waals surface area contributed by atoms with Crippen LogP contribution >= 0.6 is 11.8 Å². The van der Waals surface area contributed by atoms with E-state index in [9.17, 15) is 9.90 Å². The second-order valence-corrected chi connectivity index (χ2v) is 6.05. The molecular formula is C12H21NO2S. The SMILES string of the molecule is O=C(CC1CCSCC1)N1CCC[C@H]1CO. The fraction of sp³-hybridized carbons (Fsp3) is 0.917. The summed E-state index contributed by atoms with van der Waals surface area (Å²) in [6.45, 7) is 0.984. The van der Waals surface area contributed by atoms with Crippen molar-refractivity contribution in [3.63, 3.8) is 0 Å². The van der Waals surface area contributed by atoms with Gasteiger partial charge in [-0.3, -0.25) is 4.79 Å². The van der Waals surface area contributed by atoms with E-state index in [0.717, 1.165) is 19.4 Å². The number of aliphatic hydroxyl groups excluding tert-OH is 1. The highest BCUT2D eigenvalue weighted by atomic mass is 32.2. The first-order valence-corrected chi connectivity index (χ1v) is 7.45. The van der Waals surface area contributed by atoms with E-state index in [4.69, 9.17) is 0 Å². The summed E-state index contributed by atoms with van der Waals surface area (Å²) in [6, 6.07) is 0.102. The molecule has 0 aromatic carbocycles. The first-order valence-electron chi connectivity index (χ1n) is 6.29. The van der Waals surface area contributed by atoms with Gasteiger partial charge in [0.15, 0.2) is 0 Å². The van der Waals surface area contributed by atoms with Gasteiger partial charge in [0.1, 0.15) is 0 Å². The molecule has 0 aromatic rings. The van der Waals surface area contributed by atoms with Gasteiger partial charge in [0.05, 0.1) is 12.6 Å². The van der Waals surface area contributed by atoms with Gasteiger partial charge in [-0.15, -0.1) is 0 Å². The normalized spacial score (nSPS) is 27.3. The van der Waals surface area contributed by atoms with Crippen molar-refractivity contribution in [1.82, 2.24) is 4.90 Å². The molecule has 4 heteroatoms. The van der Waals surface area contributed by atoms with Gasteiger partial charge >= 0.3 is 0 Å². The van der Waals surface area contributed by atoms with Crippen LogP contribution < -0.4 is 0 Å². The van der Waals surface area contributed by atoms with Crippen LogP contribution in [0.1, 0.15) is 32.1 Å². The maximum atomic E-state index is 12.1. The molecule has 3 nitrogen and oxygen atoms in total. The van der Waals surface area contributed by atoms with Crippen molar-refractivity contribution >= 4 is 17.7 Å². The molecular weight excluding hydrogens is 222 g/mol. The molecule has 2 rings (SSSR count). The molecule has 2 fully saturated rings.